The van der Waals surface area contributed by atoms with Crippen LogP contribution in [0.15, 0.2) is 23.1 Å². The Labute approximate surface area is 66.3 Å². The molecule has 1 N–H and O–H groups in total. The Hall–Kier alpha value is -1.05. The minimum atomic E-state index is 0.0564. The fourth-order valence-electron chi connectivity index (χ4n) is 1.02. The standard InChI is InChI=1S/C9H13NO/c1-2-3-5-8-6-4-7-10-9(8)11/h4,6-7H,2-3,5H2,1H3,(H,10,11). The van der Waals surface area contributed by atoms with E-state index in [1.54, 1.807) is 6.20 Å². The van der Waals surface area contributed by atoms with Crippen LogP contribution in [0.25, 0.3) is 0 Å². The smallest absolute Gasteiger partial charge is 0.251 e. The highest BCUT2D eigenvalue weighted by Crippen LogP contribution is 1.97. The van der Waals surface area contributed by atoms with Crippen molar-refractivity contribution >= 4 is 0 Å². The molecule has 0 saturated carbocycles. The van der Waals surface area contributed by atoms with Gasteiger partial charge in [0.25, 0.3) is 5.56 Å². The lowest BCUT2D eigenvalue weighted by Gasteiger charge is -1.95. The molecule has 1 heterocycles. The van der Waals surface area contributed by atoms with Crippen molar-refractivity contribution in [3.63, 3.8) is 0 Å². The van der Waals surface area contributed by atoms with Gasteiger partial charge in [-0.1, -0.05) is 19.4 Å². The van der Waals surface area contributed by atoms with Gasteiger partial charge in [0.2, 0.25) is 0 Å². The molecule has 0 aliphatic rings. The molecule has 0 radical (unpaired) electrons. The first kappa shape index (κ1) is 8.05. The van der Waals surface area contributed by atoms with E-state index in [0.717, 1.165) is 24.8 Å². The quantitative estimate of drug-likeness (QED) is 0.701. The molecule has 0 spiro atoms. The fourth-order valence-corrected chi connectivity index (χ4v) is 1.02. The maximum absolute atomic E-state index is 11.1. The molecule has 11 heavy (non-hydrogen) atoms. The molecule has 0 atom stereocenters. The van der Waals surface area contributed by atoms with E-state index in [1.807, 2.05) is 12.1 Å². The molecule has 1 aromatic heterocycles. The summed E-state index contributed by atoms with van der Waals surface area (Å²) in [5.41, 5.74) is 0.954. The van der Waals surface area contributed by atoms with E-state index in [1.165, 1.54) is 0 Å². The Balaban J connectivity index is 2.70. The predicted octanol–water partition coefficient (Wildman–Crippen LogP) is 1.72. The van der Waals surface area contributed by atoms with Crippen molar-refractivity contribution in [2.75, 3.05) is 0 Å². The van der Waals surface area contributed by atoms with Gasteiger partial charge in [-0.3, -0.25) is 4.79 Å². The van der Waals surface area contributed by atoms with Gasteiger partial charge in [0, 0.05) is 11.8 Å². The number of pyridine rings is 1. The van der Waals surface area contributed by atoms with E-state index in [9.17, 15) is 4.79 Å². The van der Waals surface area contributed by atoms with Crippen molar-refractivity contribution in [1.82, 2.24) is 4.98 Å². The minimum absolute atomic E-state index is 0.0564. The zero-order chi connectivity index (χ0) is 8.10. The predicted molar refractivity (Wildman–Crippen MR) is 45.7 cm³/mol. The second-order valence-electron chi connectivity index (χ2n) is 2.63. The summed E-state index contributed by atoms with van der Waals surface area (Å²) in [7, 11) is 0. The molecule has 0 unspecified atom stereocenters. The Bertz CT molecular complexity index is 264. The maximum atomic E-state index is 11.1. The second-order valence-corrected chi connectivity index (χ2v) is 2.63. The number of aryl methyl sites for hydroxylation is 1. The van der Waals surface area contributed by atoms with Crippen LogP contribution in [-0.2, 0) is 6.42 Å². The first-order valence-electron chi connectivity index (χ1n) is 4.01. The molecule has 0 aromatic carbocycles. The summed E-state index contributed by atoms with van der Waals surface area (Å²) in [4.78, 5) is 13.7. The van der Waals surface area contributed by atoms with Gasteiger partial charge in [0.1, 0.15) is 0 Å². The topological polar surface area (TPSA) is 32.9 Å². The zero-order valence-corrected chi connectivity index (χ0v) is 6.76. The van der Waals surface area contributed by atoms with E-state index in [-0.39, 0.29) is 5.56 Å². The molecular weight excluding hydrogens is 138 g/mol. The lowest BCUT2D eigenvalue weighted by molar-refractivity contribution is 0.786. The number of rotatable bonds is 3. The van der Waals surface area contributed by atoms with Crippen LogP contribution in [0.2, 0.25) is 0 Å². The number of hydrogen-bond acceptors (Lipinski definition) is 1. The van der Waals surface area contributed by atoms with Crippen molar-refractivity contribution in [2.45, 2.75) is 26.2 Å². The highest BCUT2D eigenvalue weighted by molar-refractivity contribution is 5.08. The molecule has 60 valence electrons. The van der Waals surface area contributed by atoms with Gasteiger partial charge < -0.3 is 4.98 Å². The summed E-state index contributed by atoms with van der Waals surface area (Å²) >= 11 is 0. The monoisotopic (exact) mass is 151 g/mol. The Morgan fingerprint density at radius 3 is 3.00 bits per heavy atom. The molecule has 0 bridgehead atoms. The number of aromatic nitrogens is 1. The average molecular weight is 151 g/mol. The molecule has 2 heteroatoms. The van der Waals surface area contributed by atoms with Gasteiger partial charge in [0.15, 0.2) is 0 Å². The normalized spacial score (nSPS) is 9.91. The second kappa shape index (κ2) is 3.96. The first-order chi connectivity index (χ1) is 5.34. The summed E-state index contributed by atoms with van der Waals surface area (Å²) in [6.07, 6.45) is 4.78. The third kappa shape index (κ3) is 2.22. The van der Waals surface area contributed by atoms with Crippen molar-refractivity contribution < 1.29 is 0 Å². The maximum Gasteiger partial charge on any atom is 0.251 e. The third-order valence-corrected chi connectivity index (χ3v) is 1.70. The van der Waals surface area contributed by atoms with Crippen LogP contribution < -0.4 is 5.56 Å². The van der Waals surface area contributed by atoms with E-state index >= 15 is 0 Å². The van der Waals surface area contributed by atoms with Crippen LogP contribution in [0.3, 0.4) is 0 Å². The van der Waals surface area contributed by atoms with Gasteiger partial charge >= 0.3 is 0 Å². The van der Waals surface area contributed by atoms with E-state index in [4.69, 9.17) is 0 Å². The Morgan fingerprint density at radius 1 is 1.55 bits per heavy atom. The van der Waals surface area contributed by atoms with Gasteiger partial charge in [-0.2, -0.15) is 0 Å². The number of unbranched alkanes of at least 4 members (excludes halogenated alkanes) is 1. The SMILES string of the molecule is CCCCc1ccc[nH]c1=O. The highest BCUT2D eigenvalue weighted by Gasteiger charge is 1.95. The van der Waals surface area contributed by atoms with Crippen LogP contribution in [0, 0.1) is 0 Å². The van der Waals surface area contributed by atoms with Crippen LogP contribution in [-0.4, -0.2) is 4.98 Å². The van der Waals surface area contributed by atoms with E-state index < -0.39 is 0 Å². The number of H-pyrrole nitrogens is 1. The number of aromatic amines is 1. The molecule has 0 aliphatic carbocycles. The van der Waals surface area contributed by atoms with Crippen molar-refractivity contribution in [2.24, 2.45) is 0 Å². The molecule has 0 aliphatic heterocycles. The summed E-state index contributed by atoms with van der Waals surface area (Å²) in [5.74, 6) is 0. The van der Waals surface area contributed by atoms with Gasteiger partial charge in [0.05, 0.1) is 0 Å². The van der Waals surface area contributed by atoms with Crippen molar-refractivity contribution in [3.05, 3.63) is 34.2 Å². The Kier molecular flexibility index (Phi) is 2.90. The lowest BCUT2D eigenvalue weighted by Crippen LogP contribution is -2.10. The van der Waals surface area contributed by atoms with E-state index in [0.29, 0.717) is 0 Å². The largest absolute Gasteiger partial charge is 0.329 e. The molecule has 0 amide bonds. The fraction of sp³-hybridized carbons (Fsp3) is 0.444. The van der Waals surface area contributed by atoms with Crippen molar-refractivity contribution in [1.29, 1.82) is 0 Å². The molecule has 1 rings (SSSR count). The van der Waals surface area contributed by atoms with Gasteiger partial charge in [-0.15, -0.1) is 0 Å². The molecular formula is C9H13NO. The average Bonchev–Trinajstić information content (AvgIpc) is 2.03. The third-order valence-electron chi connectivity index (χ3n) is 1.70. The summed E-state index contributed by atoms with van der Waals surface area (Å²) in [5, 5.41) is 0. The van der Waals surface area contributed by atoms with Gasteiger partial charge in [-0.05, 0) is 18.9 Å². The number of nitrogens with one attached hydrogen (secondary N) is 1. The summed E-state index contributed by atoms with van der Waals surface area (Å²) in [6, 6.07) is 3.75. The number of hydrogen-bond donors (Lipinski definition) is 1. The van der Waals surface area contributed by atoms with Crippen LogP contribution >= 0.6 is 0 Å². The minimum Gasteiger partial charge on any atom is -0.329 e. The van der Waals surface area contributed by atoms with Crippen LogP contribution in [0.5, 0.6) is 0 Å². The van der Waals surface area contributed by atoms with E-state index in [2.05, 4.69) is 11.9 Å². The highest BCUT2D eigenvalue weighted by atomic mass is 16.1. The lowest BCUT2D eigenvalue weighted by atomic mass is 10.1. The van der Waals surface area contributed by atoms with Gasteiger partial charge in [-0.25, -0.2) is 0 Å². The van der Waals surface area contributed by atoms with Crippen molar-refractivity contribution in [3.8, 4) is 0 Å². The molecule has 0 fully saturated rings. The Morgan fingerprint density at radius 2 is 2.36 bits per heavy atom. The first-order valence-corrected chi connectivity index (χ1v) is 4.01. The zero-order valence-electron chi connectivity index (χ0n) is 6.76. The molecule has 1 aromatic rings. The summed E-state index contributed by atoms with van der Waals surface area (Å²) < 4.78 is 0. The molecule has 2 nitrogen and oxygen atoms in total. The van der Waals surface area contributed by atoms with Crippen LogP contribution in [0.4, 0.5) is 0 Å². The van der Waals surface area contributed by atoms with Crippen LogP contribution in [0.1, 0.15) is 25.3 Å². The molecule has 0 saturated heterocycles. The summed E-state index contributed by atoms with van der Waals surface area (Å²) in [6.45, 7) is 2.12.